The Morgan fingerprint density at radius 1 is 0.912 bits per heavy atom. The minimum Gasteiger partial charge on any atom is -0.479 e. The third-order valence-corrected chi connectivity index (χ3v) is 5.61. The Kier molecular flexibility index (Phi) is 7.94. The van der Waals surface area contributed by atoms with E-state index in [2.05, 4.69) is 0 Å². The van der Waals surface area contributed by atoms with Crippen LogP contribution in [-0.2, 0) is 14.3 Å². The van der Waals surface area contributed by atoms with Crippen molar-refractivity contribution in [2.45, 2.75) is 38.4 Å². The SMILES string of the molecule is CCC(Oc1ccc(-c2ccccc2)cc1)C(=O)Oc1ccc(C(=O)OCC2CCCO2)cc1. The monoisotopic (exact) mass is 460 g/mol. The molecule has 1 saturated heterocycles. The molecule has 0 spiro atoms. The van der Waals surface area contributed by atoms with E-state index in [0.29, 0.717) is 30.1 Å². The van der Waals surface area contributed by atoms with Gasteiger partial charge in [0.05, 0.1) is 11.7 Å². The summed E-state index contributed by atoms with van der Waals surface area (Å²) in [5.74, 6) is 0.000377. The van der Waals surface area contributed by atoms with Crippen molar-refractivity contribution in [3.63, 3.8) is 0 Å². The molecule has 0 aromatic heterocycles. The van der Waals surface area contributed by atoms with Gasteiger partial charge in [-0.25, -0.2) is 9.59 Å². The van der Waals surface area contributed by atoms with Crippen LogP contribution in [0.5, 0.6) is 11.5 Å². The summed E-state index contributed by atoms with van der Waals surface area (Å²) in [5.41, 5.74) is 2.57. The van der Waals surface area contributed by atoms with Crippen LogP contribution >= 0.6 is 0 Å². The Labute approximate surface area is 199 Å². The van der Waals surface area contributed by atoms with Crippen molar-refractivity contribution < 1.29 is 28.5 Å². The predicted octanol–water partition coefficient (Wildman–Crippen LogP) is 5.45. The molecule has 1 heterocycles. The van der Waals surface area contributed by atoms with E-state index in [1.807, 2.05) is 61.5 Å². The molecule has 2 atom stereocenters. The zero-order valence-corrected chi connectivity index (χ0v) is 19.1. The van der Waals surface area contributed by atoms with Gasteiger partial charge in [-0.1, -0.05) is 49.4 Å². The van der Waals surface area contributed by atoms with Crippen LogP contribution in [0.4, 0.5) is 0 Å². The average molecular weight is 461 g/mol. The Morgan fingerprint density at radius 3 is 2.24 bits per heavy atom. The van der Waals surface area contributed by atoms with Crippen LogP contribution < -0.4 is 9.47 Å². The van der Waals surface area contributed by atoms with Crippen LogP contribution in [0.2, 0.25) is 0 Å². The quantitative estimate of drug-likeness (QED) is 0.312. The summed E-state index contributed by atoms with van der Waals surface area (Å²) in [5, 5.41) is 0. The van der Waals surface area contributed by atoms with E-state index in [9.17, 15) is 9.59 Å². The van der Waals surface area contributed by atoms with E-state index in [1.165, 1.54) is 0 Å². The molecule has 1 aliphatic rings. The van der Waals surface area contributed by atoms with E-state index < -0.39 is 18.0 Å². The number of esters is 2. The summed E-state index contributed by atoms with van der Waals surface area (Å²) in [6, 6.07) is 23.9. The van der Waals surface area contributed by atoms with Crippen molar-refractivity contribution in [3.05, 3.63) is 84.4 Å². The first-order chi connectivity index (χ1) is 16.6. The summed E-state index contributed by atoms with van der Waals surface area (Å²) < 4.78 is 22.1. The van der Waals surface area contributed by atoms with Crippen LogP contribution in [0.15, 0.2) is 78.9 Å². The first-order valence-electron chi connectivity index (χ1n) is 11.5. The molecule has 1 aliphatic heterocycles. The molecule has 2 unspecified atom stereocenters. The van der Waals surface area contributed by atoms with E-state index in [-0.39, 0.29) is 12.7 Å². The second kappa shape index (κ2) is 11.5. The third-order valence-electron chi connectivity index (χ3n) is 5.61. The lowest BCUT2D eigenvalue weighted by atomic mass is 10.1. The molecule has 0 aliphatic carbocycles. The van der Waals surface area contributed by atoms with Gasteiger partial charge in [-0.2, -0.15) is 0 Å². The van der Waals surface area contributed by atoms with Crippen LogP contribution in [0.3, 0.4) is 0 Å². The number of rotatable bonds is 9. The lowest BCUT2D eigenvalue weighted by molar-refractivity contribution is -0.142. The zero-order valence-electron chi connectivity index (χ0n) is 19.1. The van der Waals surface area contributed by atoms with Crippen molar-refractivity contribution in [2.75, 3.05) is 13.2 Å². The van der Waals surface area contributed by atoms with Crippen molar-refractivity contribution >= 4 is 11.9 Å². The van der Waals surface area contributed by atoms with E-state index >= 15 is 0 Å². The molecule has 0 amide bonds. The van der Waals surface area contributed by atoms with Gasteiger partial charge < -0.3 is 18.9 Å². The van der Waals surface area contributed by atoms with Crippen molar-refractivity contribution in [1.29, 1.82) is 0 Å². The lowest BCUT2D eigenvalue weighted by Gasteiger charge is -2.17. The molecule has 176 valence electrons. The summed E-state index contributed by atoms with van der Waals surface area (Å²) in [6.45, 7) is 2.82. The summed E-state index contributed by atoms with van der Waals surface area (Å²) in [6.07, 6.45) is 1.57. The molecule has 3 aromatic carbocycles. The van der Waals surface area contributed by atoms with Crippen LogP contribution in [0.1, 0.15) is 36.5 Å². The van der Waals surface area contributed by atoms with Gasteiger partial charge in [0.15, 0.2) is 6.10 Å². The van der Waals surface area contributed by atoms with Gasteiger partial charge in [0, 0.05) is 6.61 Å². The van der Waals surface area contributed by atoms with Crippen LogP contribution in [0.25, 0.3) is 11.1 Å². The minimum absolute atomic E-state index is 0.0234. The third kappa shape index (κ3) is 6.23. The molecule has 6 nitrogen and oxygen atoms in total. The number of carbonyl (C=O) groups excluding carboxylic acids is 2. The molecule has 6 heteroatoms. The highest BCUT2D eigenvalue weighted by Gasteiger charge is 2.22. The number of benzene rings is 3. The van der Waals surface area contributed by atoms with Crippen molar-refractivity contribution in [2.24, 2.45) is 0 Å². The highest BCUT2D eigenvalue weighted by molar-refractivity contribution is 5.89. The molecule has 0 N–H and O–H groups in total. The first-order valence-corrected chi connectivity index (χ1v) is 11.5. The van der Waals surface area contributed by atoms with Gasteiger partial charge in [0.25, 0.3) is 0 Å². The predicted molar refractivity (Wildman–Crippen MR) is 128 cm³/mol. The van der Waals surface area contributed by atoms with Gasteiger partial charge in [0.1, 0.15) is 18.1 Å². The Bertz CT molecular complexity index is 1070. The fraction of sp³-hybridized carbons (Fsp3) is 0.286. The maximum atomic E-state index is 12.7. The molecular formula is C28H28O6. The second-order valence-corrected chi connectivity index (χ2v) is 8.08. The maximum absolute atomic E-state index is 12.7. The fourth-order valence-corrected chi connectivity index (χ4v) is 3.69. The highest BCUT2D eigenvalue weighted by atomic mass is 16.6. The summed E-state index contributed by atoms with van der Waals surface area (Å²) in [4.78, 5) is 24.9. The summed E-state index contributed by atoms with van der Waals surface area (Å²) >= 11 is 0. The molecule has 3 aromatic rings. The van der Waals surface area contributed by atoms with Crippen molar-refractivity contribution in [1.82, 2.24) is 0 Å². The molecular weight excluding hydrogens is 432 g/mol. The summed E-state index contributed by atoms with van der Waals surface area (Å²) in [7, 11) is 0. The molecule has 1 fully saturated rings. The average Bonchev–Trinajstić information content (AvgIpc) is 3.41. The maximum Gasteiger partial charge on any atom is 0.352 e. The fourth-order valence-electron chi connectivity index (χ4n) is 3.69. The van der Waals surface area contributed by atoms with Gasteiger partial charge in [-0.05, 0) is 66.8 Å². The van der Waals surface area contributed by atoms with Gasteiger partial charge in [-0.3, -0.25) is 0 Å². The standard InChI is InChI=1S/C28H28O6/c1-2-26(33-23-14-10-21(11-15-23)20-7-4-3-5-8-20)28(30)34-24-16-12-22(13-17-24)27(29)32-19-25-9-6-18-31-25/h3-5,7-8,10-17,25-26H,2,6,9,18-19H2,1H3. The zero-order chi connectivity index (χ0) is 23.8. The normalized spacial score (nSPS) is 16.0. The number of carbonyl (C=O) groups is 2. The smallest absolute Gasteiger partial charge is 0.352 e. The highest BCUT2D eigenvalue weighted by Crippen LogP contribution is 2.24. The van der Waals surface area contributed by atoms with E-state index in [0.717, 1.165) is 24.0 Å². The number of hydrogen-bond acceptors (Lipinski definition) is 6. The molecule has 0 radical (unpaired) electrons. The van der Waals surface area contributed by atoms with E-state index in [1.54, 1.807) is 24.3 Å². The molecule has 34 heavy (non-hydrogen) atoms. The first kappa shape index (κ1) is 23.5. The lowest BCUT2D eigenvalue weighted by Crippen LogP contribution is -2.30. The van der Waals surface area contributed by atoms with Crippen molar-refractivity contribution in [3.8, 4) is 22.6 Å². The Morgan fingerprint density at radius 2 is 1.59 bits per heavy atom. The number of hydrogen-bond donors (Lipinski definition) is 0. The van der Waals surface area contributed by atoms with Gasteiger partial charge in [0.2, 0.25) is 0 Å². The topological polar surface area (TPSA) is 71.1 Å². The van der Waals surface area contributed by atoms with Gasteiger partial charge in [-0.15, -0.1) is 0 Å². The molecule has 0 saturated carbocycles. The largest absolute Gasteiger partial charge is 0.479 e. The van der Waals surface area contributed by atoms with E-state index in [4.69, 9.17) is 18.9 Å². The Balaban J connectivity index is 1.30. The second-order valence-electron chi connectivity index (χ2n) is 8.08. The molecule has 4 rings (SSSR count). The minimum atomic E-state index is -0.751. The number of ether oxygens (including phenoxy) is 4. The van der Waals surface area contributed by atoms with Crippen LogP contribution in [-0.4, -0.2) is 37.4 Å². The van der Waals surface area contributed by atoms with Gasteiger partial charge >= 0.3 is 11.9 Å². The molecule has 0 bridgehead atoms. The van der Waals surface area contributed by atoms with Crippen LogP contribution in [0, 0.1) is 0 Å². The Hall–Kier alpha value is -3.64.